The number of aryl methyl sites for hydroxylation is 1. The summed E-state index contributed by atoms with van der Waals surface area (Å²) in [5, 5.41) is 2.59. The Bertz CT molecular complexity index is 924. The fourth-order valence-electron chi connectivity index (χ4n) is 2.92. The zero-order valence-corrected chi connectivity index (χ0v) is 14.2. The molecule has 1 aromatic heterocycles. The third-order valence-corrected chi connectivity index (χ3v) is 4.07. The van der Waals surface area contributed by atoms with Crippen LogP contribution in [0.1, 0.15) is 12.0 Å². The summed E-state index contributed by atoms with van der Waals surface area (Å²) in [5.74, 6) is 0. The maximum atomic E-state index is 11.1. The number of pyridine rings is 1. The molecular weight excluding hydrogens is 326 g/mol. The Morgan fingerprint density at radius 2 is 1.88 bits per heavy atom. The van der Waals surface area contributed by atoms with E-state index in [-0.39, 0.29) is 0 Å². The Kier molecular flexibility index (Phi) is 5.39. The first-order valence-electron chi connectivity index (χ1n) is 8.31. The van der Waals surface area contributed by atoms with Crippen molar-refractivity contribution >= 4 is 18.0 Å². The van der Waals surface area contributed by atoms with E-state index < -0.39 is 6.03 Å². The van der Waals surface area contributed by atoms with Crippen molar-refractivity contribution in [3.05, 3.63) is 72.6 Å². The number of benzene rings is 2. The first-order valence-corrected chi connectivity index (χ1v) is 8.31. The average Bonchev–Trinajstić information content (AvgIpc) is 2.66. The summed E-state index contributed by atoms with van der Waals surface area (Å²) < 4.78 is 0. The summed E-state index contributed by atoms with van der Waals surface area (Å²) in [6.07, 6.45) is 5.56. The van der Waals surface area contributed by atoms with Gasteiger partial charge in [0, 0.05) is 24.5 Å². The number of rotatable bonds is 6. The zero-order valence-electron chi connectivity index (χ0n) is 14.2. The lowest BCUT2D eigenvalue weighted by Gasteiger charge is -2.13. The Morgan fingerprint density at radius 1 is 1.04 bits per heavy atom. The first kappa shape index (κ1) is 17.4. The maximum Gasteiger partial charge on any atom is 0.316 e. The van der Waals surface area contributed by atoms with E-state index in [4.69, 9.17) is 5.73 Å². The normalized spacial score (nSPS) is 10.3. The highest BCUT2D eigenvalue weighted by Gasteiger charge is 2.09. The van der Waals surface area contributed by atoms with E-state index in [9.17, 15) is 9.59 Å². The Morgan fingerprint density at radius 3 is 2.62 bits per heavy atom. The lowest BCUT2D eigenvalue weighted by Crippen LogP contribution is -2.19. The molecule has 0 bridgehead atoms. The summed E-state index contributed by atoms with van der Waals surface area (Å²) in [6, 6.07) is 16.9. The van der Waals surface area contributed by atoms with Crippen molar-refractivity contribution in [2.45, 2.75) is 12.8 Å². The van der Waals surface area contributed by atoms with Crippen LogP contribution in [0.25, 0.3) is 22.3 Å². The second kappa shape index (κ2) is 8.07. The molecular formula is C21H19N3O2. The van der Waals surface area contributed by atoms with E-state index >= 15 is 0 Å². The number of amides is 2. The molecule has 0 aliphatic heterocycles. The molecule has 5 nitrogen and oxygen atoms in total. The van der Waals surface area contributed by atoms with Gasteiger partial charge >= 0.3 is 6.03 Å². The fourth-order valence-corrected chi connectivity index (χ4v) is 2.92. The highest BCUT2D eigenvalue weighted by Crippen LogP contribution is 2.31. The van der Waals surface area contributed by atoms with E-state index in [1.54, 1.807) is 12.3 Å². The van der Waals surface area contributed by atoms with Crippen LogP contribution in [-0.4, -0.2) is 17.3 Å². The third-order valence-electron chi connectivity index (χ3n) is 4.07. The topological polar surface area (TPSA) is 85.1 Å². The summed E-state index contributed by atoms with van der Waals surface area (Å²) in [7, 11) is 0. The molecule has 5 heteroatoms. The zero-order chi connectivity index (χ0) is 18.4. The minimum Gasteiger partial charge on any atom is -0.351 e. The van der Waals surface area contributed by atoms with Crippen molar-refractivity contribution < 1.29 is 9.59 Å². The molecule has 0 aliphatic carbocycles. The minimum absolute atomic E-state index is 0.447. The Balaban J connectivity index is 2.03. The van der Waals surface area contributed by atoms with Crippen LogP contribution in [0.15, 0.2) is 67.0 Å². The van der Waals surface area contributed by atoms with Gasteiger partial charge in [-0.15, -0.1) is 0 Å². The van der Waals surface area contributed by atoms with Crippen LogP contribution in [0.4, 0.5) is 10.5 Å². The SMILES string of the molecule is NC(=O)Nc1cccc(-c2ccc(-c3cccnc3)cc2CCC=O)c1. The van der Waals surface area contributed by atoms with Crippen LogP contribution in [0.5, 0.6) is 0 Å². The summed E-state index contributed by atoms with van der Waals surface area (Å²) in [6.45, 7) is 0. The van der Waals surface area contributed by atoms with Gasteiger partial charge in [0.25, 0.3) is 0 Å². The molecule has 26 heavy (non-hydrogen) atoms. The molecule has 0 saturated heterocycles. The number of hydrogen-bond donors (Lipinski definition) is 2. The second-order valence-electron chi connectivity index (χ2n) is 5.89. The number of aromatic nitrogens is 1. The number of anilines is 1. The van der Waals surface area contributed by atoms with E-state index in [1.165, 1.54) is 0 Å². The van der Waals surface area contributed by atoms with Gasteiger partial charge in [-0.1, -0.05) is 36.4 Å². The minimum atomic E-state index is -0.602. The number of nitrogens with zero attached hydrogens (tertiary/aromatic N) is 1. The van der Waals surface area contributed by atoms with E-state index in [1.807, 2.05) is 48.7 Å². The van der Waals surface area contributed by atoms with E-state index in [0.717, 1.165) is 34.1 Å². The largest absolute Gasteiger partial charge is 0.351 e. The van der Waals surface area contributed by atoms with Gasteiger partial charge in [0.15, 0.2) is 0 Å². The van der Waals surface area contributed by atoms with Gasteiger partial charge in [-0.3, -0.25) is 4.98 Å². The lowest BCUT2D eigenvalue weighted by molar-refractivity contribution is -0.107. The molecule has 130 valence electrons. The van der Waals surface area contributed by atoms with Crippen molar-refractivity contribution in [2.75, 3.05) is 5.32 Å². The molecule has 0 saturated carbocycles. The van der Waals surface area contributed by atoms with Gasteiger partial charge < -0.3 is 15.8 Å². The predicted octanol–water partition coefficient (Wildman–Crippen LogP) is 4.04. The summed E-state index contributed by atoms with van der Waals surface area (Å²) >= 11 is 0. The highest BCUT2D eigenvalue weighted by atomic mass is 16.2. The number of carbonyl (C=O) groups excluding carboxylic acids is 2. The van der Waals surface area contributed by atoms with E-state index in [2.05, 4.69) is 16.4 Å². The van der Waals surface area contributed by atoms with Crippen LogP contribution in [0.2, 0.25) is 0 Å². The number of carbonyl (C=O) groups is 2. The molecule has 3 rings (SSSR count). The summed E-state index contributed by atoms with van der Waals surface area (Å²) in [4.78, 5) is 26.1. The van der Waals surface area contributed by atoms with Crippen molar-refractivity contribution in [1.29, 1.82) is 0 Å². The Hall–Kier alpha value is -3.47. The smallest absolute Gasteiger partial charge is 0.316 e. The molecule has 0 fully saturated rings. The molecule has 0 atom stereocenters. The maximum absolute atomic E-state index is 11.1. The van der Waals surface area contributed by atoms with E-state index in [0.29, 0.717) is 18.5 Å². The second-order valence-corrected chi connectivity index (χ2v) is 5.89. The van der Waals surface area contributed by atoms with Gasteiger partial charge in [0.1, 0.15) is 6.29 Å². The molecule has 0 unspecified atom stereocenters. The quantitative estimate of drug-likeness (QED) is 0.661. The molecule has 2 amide bonds. The van der Waals surface area contributed by atoms with Crippen molar-refractivity contribution in [3.8, 4) is 22.3 Å². The van der Waals surface area contributed by atoms with Crippen LogP contribution in [-0.2, 0) is 11.2 Å². The molecule has 3 aromatic rings. The molecule has 2 aromatic carbocycles. The van der Waals surface area contributed by atoms with Crippen LogP contribution < -0.4 is 11.1 Å². The Labute approximate surface area is 151 Å². The number of urea groups is 1. The molecule has 0 spiro atoms. The summed E-state index contributed by atoms with van der Waals surface area (Å²) in [5.41, 5.74) is 10.9. The van der Waals surface area contributed by atoms with Crippen LogP contribution in [0, 0.1) is 0 Å². The molecule has 1 heterocycles. The van der Waals surface area contributed by atoms with Gasteiger partial charge in [-0.2, -0.15) is 0 Å². The van der Waals surface area contributed by atoms with Crippen molar-refractivity contribution in [1.82, 2.24) is 4.98 Å². The van der Waals surface area contributed by atoms with Crippen molar-refractivity contribution in [2.24, 2.45) is 5.73 Å². The molecule has 3 N–H and O–H groups in total. The number of primary amides is 1. The average molecular weight is 345 g/mol. The highest BCUT2D eigenvalue weighted by molar-refractivity contribution is 5.89. The monoisotopic (exact) mass is 345 g/mol. The fraction of sp³-hybridized carbons (Fsp3) is 0.0952. The van der Waals surface area contributed by atoms with Crippen molar-refractivity contribution in [3.63, 3.8) is 0 Å². The standard InChI is InChI=1S/C21H19N3O2/c22-21(26)24-19-7-1-4-17(13-19)20-9-8-15(12-16(20)6-3-11-25)18-5-2-10-23-14-18/h1-2,4-5,7-14H,3,6H2,(H3,22,24,26). The predicted molar refractivity (Wildman–Crippen MR) is 103 cm³/mol. The molecule has 0 radical (unpaired) electrons. The first-order chi connectivity index (χ1) is 12.7. The van der Waals surface area contributed by atoms with Gasteiger partial charge in [-0.05, 0) is 52.4 Å². The lowest BCUT2D eigenvalue weighted by atomic mass is 9.93. The molecule has 0 aliphatic rings. The van der Waals surface area contributed by atoms with Gasteiger partial charge in [0.05, 0.1) is 0 Å². The number of nitrogens with two attached hydrogens (primary N) is 1. The third kappa shape index (κ3) is 4.13. The van der Waals surface area contributed by atoms with Gasteiger partial charge in [-0.25, -0.2) is 4.79 Å². The van der Waals surface area contributed by atoms with Crippen LogP contribution >= 0.6 is 0 Å². The number of aldehydes is 1. The van der Waals surface area contributed by atoms with Crippen LogP contribution in [0.3, 0.4) is 0 Å². The van der Waals surface area contributed by atoms with Gasteiger partial charge in [0.2, 0.25) is 0 Å². The number of hydrogen-bond acceptors (Lipinski definition) is 3. The number of nitrogens with one attached hydrogen (secondary N) is 1.